The second-order valence-electron chi connectivity index (χ2n) is 5.75. The summed E-state index contributed by atoms with van der Waals surface area (Å²) in [6.45, 7) is 0.984. The van der Waals surface area contributed by atoms with Gasteiger partial charge in [-0.1, -0.05) is 53.0 Å². The Labute approximate surface area is 190 Å². The summed E-state index contributed by atoms with van der Waals surface area (Å²) in [5.74, 6) is 0.725. The van der Waals surface area contributed by atoms with Gasteiger partial charge in [0.15, 0.2) is 0 Å². The zero-order valence-electron chi connectivity index (χ0n) is 13.9. The van der Waals surface area contributed by atoms with Gasteiger partial charge in [0.05, 0.1) is 19.7 Å². The van der Waals surface area contributed by atoms with E-state index in [1.807, 2.05) is 42.5 Å². The maximum atomic E-state index is 6.20. The molecule has 7 heteroatoms. The van der Waals surface area contributed by atoms with Gasteiger partial charge in [0.1, 0.15) is 12.4 Å². The Hall–Kier alpha value is -0.910. The van der Waals surface area contributed by atoms with Crippen LogP contribution in [0.3, 0.4) is 0 Å². The molecule has 0 bridgehead atoms. The third-order valence-electron chi connectivity index (χ3n) is 3.80. The first-order valence-electron chi connectivity index (χ1n) is 7.97. The van der Waals surface area contributed by atoms with Crippen molar-refractivity contribution < 1.29 is 4.74 Å². The lowest BCUT2D eigenvalue weighted by molar-refractivity contribution is 0.302. The van der Waals surface area contributed by atoms with E-state index < -0.39 is 0 Å². The third-order valence-corrected chi connectivity index (χ3v) is 5.90. The fourth-order valence-electron chi connectivity index (χ4n) is 2.45. The van der Waals surface area contributed by atoms with Crippen LogP contribution in [-0.4, -0.2) is 0 Å². The fraction of sp³-hybridized carbons (Fsp3) is 0.100. The standard InChI is InChI=1S/C20H14Br2Cl3NO/c21-15-7-12(10-26-19-6-5-14(23)9-18(19)25)8-16(22)20(15)27-11-13-3-1-2-4-17(13)24/h1-9,26H,10-11H2. The van der Waals surface area contributed by atoms with E-state index in [0.717, 1.165) is 31.5 Å². The maximum Gasteiger partial charge on any atom is 0.148 e. The van der Waals surface area contributed by atoms with Crippen LogP contribution in [0.15, 0.2) is 63.5 Å². The van der Waals surface area contributed by atoms with E-state index in [1.54, 1.807) is 12.1 Å². The van der Waals surface area contributed by atoms with Crippen LogP contribution < -0.4 is 10.1 Å². The van der Waals surface area contributed by atoms with Gasteiger partial charge in [0, 0.05) is 22.2 Å². The molecule has 0 unspecified atom stereocenters. The van der Waals surface area contributed by atoms with Gasteiger partial charge in [-0.15, -0.1) is 0 Å². The van der Waals surface area contributed by atoms with Gasteiger partial charge < -0.3 is 10.1 Å². The topological polar surface area (TPSA) is 21.3 Å². The van der Waals surface area contributed by atoms with E-state index in [0.29, 0.717) is 28.2 Å². The highest BCUT2D eigenvalue weighted by Crippen LogP contribution is 2.36. The summed E-state index contributed by atoms with van der Waals surface area (Å²) >= 11 is 25.5. The number of halogens is 5. The molecule has 3 aromatic rings. The van der Waals surface area contributed by atoms with Crippen LogP contribution in [-0.2, 0) is 13.2 Å². The van der Waals surface area contributed by atoms with Crippen molar-refractivity contribution >= 4 is 72.4 Å². The molecule has 0 saturated carbocycles. The number of rotatable bonds is 6. The minimum atomic E-state index is 0.384. The first kappa shape index (κ1) is 20.8. The lowest BCUT2D eigenvalue weighted by Crippen LogP contribution is -2.02. The smallest absolute Gasteiger partial charge is 0.148 e. The van der Waals surface area contributed by atoms with E-state index in [2.05, 4.69) is 37.2 Å². The van der Waals surface area contributed by atoms with Gasteiger partial charge in [0.25, 0.3) is 0 Å². The quantitative estimate of drug-likeness (QED) is 0.333. The van der Waals surface area contributed by atoms with Crippen molar-refractivity contribution in [2.24, 2.45) is 0 Å². The maximum absolute atomic E-state index is 6.20. The highest BCUT2D eigenvalue weighted by molar-refractivity contribution is 9.11. The average molecular weight is 551 g/mol. The largest absolute Gasteiger partial charge is 0.486 e. The summed E-state index contributed by atoms with van der Waals surface area (Å²) in [4.78, 5) is 0. The molecular weight excluding hydrogens is 536 g/mol. The van der Waals surface area contributed by atoms with Crippen LogP contribution in [0.5, 0.6) is 5.75 Å². The molecule has 0 amide bonds. The number of ether oxygens (including phenoxy) is 1. The van der Waals surface area contributed by atoms with Gasteiger partial charge in [-0.25, -0.2) is 0 Å². The zero-order chi connectivity index (χ0) is 19.4. The molecule has 3 aromatic carbocycles. The van der Waals surface area contributed by atoms with Crippen LogP contribution in [0.2, 0.25) is 15.1 Å². The lowest BCUT2D eigenvalue weighted by Gasteiger charge is -2.14. The minimum Gasteiger partial charge on any atom is -0.486 e. The van der Waals surface area contributed by atoms with Crippen LogP contribution in [0.4, 0.5) is 5.69 Å². The molecule has 1 N–H and O–H groups in total. The summed E-state index contributed by atoms with van der Waals surface area (Å²) < 4.78 is 7.65. The molecule has 27 heavy (non-hydrogen) atoms. The molecule has 0 heterocycles. The predicted molar refractivity (Wildman–Crippen MR) is 121 cm³/mol. The Morgan fingerprint density at radius 3 is 2.22 bits per heavy atom. The second-order valence-corrected chi connectivity index (χ2v) is 8.71. The van der Waals surface area contributed by atoms with Crippen molar-refractivity contribution in [2.75, 3.05) is 5.32 Å². The van der Waals surface area contributed by atoms with Gasteiger partial charge in [-0.3, -0.25) is 0 Å². The molecule has 140 valence electrons. The molecular formula is C20H14Br2Cl3NO. The summed E-state index contributed by atoms with van der Waals surface area (Å²) in [7, 11) is 0. The summed E-state index contributed by atoms with van der Waals surface area (Å²) in [6.07, 6.45) is 0. The lowest BCUT2D eigenvalue weighted by atomic mass is 10.2. The zero-order valence-corrected chi connectivity index (χ0v) is 19.3. The summed E-state index contributed by atoms with van der Waals surface area (Å²) in [5, 5.41) is 5.18. The number of nitrogens with one attached hydrogen (secondary N) is 1. The first-order chi connectivity index (χ1) is 12.9. The predicted octanol–water partition coefficient (Wildman–Crippen LogP) is 8.36. The Balaban J connectivity index is 1.70. The van der Waals surface area contributed by atoms with Crippen molar-refractivity contribution in [2.45, 2.75) is 13.2 Å². The van der Waals surface area contributed by atoms with Gasteiger partial charge in [0.2, 0.25) is 0 Å². The van der Waals surface area contributed by atoms with Crippen molar-refractivity contribution in [3.05, 3.63) is 89.7 Å². The van der Waals surface area contributed by atoms with E-state index >= 15 is 0 Å². The molecule has 0 fully saturated rings. The normalized spacial score (nSPS) is 10.7. The van der Waals surface area contributed by atoms with Crippen LogP contribution in [0, 0.1) is 0 Å². The summed E-state index contributed by atoms with van der Waals surface area (Å²) in [6, 6.07) is 17.0. The molecule has 0 spiro atoms. The van der Waals surface area contributed by atoms with Gasteiger partial charge >= 0.3 is 0 Å². The van der Waals surface area contributed by atoms with Crippen molar-refractivity contribution in [3.8, 4) is 5.75 Å². The van der Waals surface area contributed by atoms with Crippen LogP contribution in [0.25, 0.3) is 0 Å². The minimum absolute atomic E-state index is 0.384. The molecule has 0 aliphatic rings. The second kappa shape index (κ2) is 9.53. The molecule has 0 atom stereocenters. The van der Waals surface area contributed by atoms with Crippen LogP contribution in [0.1, 0.15) is 11.1 Å². The Bertz CT molecular complexity index is 943. The molecule has 0 aliphatic heterocycles. The molecule has 0 aromatic heterocycles. The fourth-order valence-corrected chi connectivity index (χ4v) is 4.62. The monoisotopic (exact) mass is 547 g/mol. The van der Waals surface area contributed by atoms with Gasteiger partial charge in [-0.2, -0.15) is 0 Å². The highest BCUT2D eigenvalue weighted by atomic mass is 79.9. The van der Waals surface area contributed by atoms with Crippen molar-refractivity contribution in [1.82, 2.24) is 0 Å². The number of hydrogen-bond acceptors (Lipinski definition) is 2. The molecule has 0 aliphatic carbocycles. The van der Waals surface area contributed by atoms with Crippen molar-refractivity contribution in [3.63, 3.8) is 0 Å². The van der Waals surface area contributed by atoms with E-state index in [9.17, 15) is 0 Å². The molecule has 3 rings (SSSR count). The first-order valence-corrected chi connectivity index (χ1v) is 10.7. The molecule has 0 radical (unpaired) electrons. The van der Waals surface area contributed by atoms with E-state index in [-0.39, 0.29) is 0 Å². The Morgan fingerprint density at radius 2 is 1.56 bits per heavy atom. The number of anilines is 1. The number of benzene rings is 3. The summed E-state index contributed by atoms with van der Waals surface area (Å²) in [5.41, 5.74) is 2.82. The highest BCUT2D eigenvalue weighted by Gasteiger charge is 2.11. The van der Waals surface area contributed by atoms with Crippen LogP contribution >= 0.6 is 66.7 Å². The Kier molecular flexibility index (Phi) is 7.35. The molecule has 0 saturated heterocycles. The molecule has 2 nitrogen and oxygen atoms in total. The third kappa shape index (κ3) is 5.55. The number of hydrogen-bond donors (Lipinski definition) is 1. The van der Waals surface area contributed by atoms with E-state index in [1.165, 1.54) is 0 Å². The van der Waals surface area contributed by atoms with Gasteiger partial charge in [-0.05, 0) is 73.8 Å². The Morgan fingerprint density at radius 1 is 0.852 bits per heavy atom. The van der Waals surface area contributed by atoms with E-state index in [4.69, 9.17) is 39.5 Å². The average Bonchev–Trinajstić information content (AvgIpc) is 2.61. The van der Waals surface area contributed by atoms with Crippen molar-refractivity contribution in [1.29, 1.82) is 0 Å². The SMILES string of the molecule is Clc1ccc(NCc2cc(Br)c(OCc3ccccc3Cl)c(Br)c2)c(Cl)c1.